The lowest BCUT2D eigenvalue weighted by Gasteiger charge is -2.31. The number of halogens is 1. The molecule has 1 saturated heterocycles. The van der Waals surface area contributed by atoms with Gasteiger partial charge in [-0.05, 0) is 61.7 Å². The van der Waals surface area contributed by atoms with E-state index >= 15 is 0 Å². The Morgan fingerprint density at radius 1 is 1.08 bits per heavy atom. The van der Waals surface area contributed by atoms with Crippen molar-refractivity contribution in [2.24, 2.45) is 5.73 Å². The second kappa shape index (κ2) is 10.5. The van der Waals surface area contributed by atoms with Crippen LogP contribution in [0.2, 0.25) is 5.02 Å². The normalized spacial score (nSPS) is 14.2. The second-order valence-electron chi connectivity index (χ2n) is 9.09. The smallest absolute Gasteiger partial charge is 0.252 e. The molecule has 3 N–H and O–H groups in total. The summed E-state index contributed by atoms with van der Waals surface area (Å²) in [6.07, 6.45) is 5.72. The number of nitrogens with two attached hydrogens (primary N) is 1. The molecule has 3 heterocycles. The van der Waals surface area contributed by atoms with Crippen molar-refractivity contribution in [2.45, 2.75) is 25.3 Å². The topological polar surface area (TPSA) is 93.2 Å². The number of aromatic nitrogens is 2. The van der Waals surface area contributed by atoms with Crippen LogP contribution >= 0.6 is 11.6 Å². The number of amides is 1. The number of fused-ring (bicyclic) bond motifs is 1. The first-order chi connectivity index (χ1) is 17.5. The Morgan fingerprint density at radius 3 is 2.58 bits per heavy atom. The highest BCUT2D eigenvalue weighted by molar-refractivity contribution is 6.31. The van der Waals surface area contributed by atoms with Crippen molar-refractivity contribution in [2.75, 3.05) is 24.5 Å². The van der Waals surface area contributed by atoms with Gasteiger partial charge in [0.15, 0.2) is 5.43 Å². The summed E-state index contributed by atoms with van der Waals surface area (Å²) in [5, 5.41) is 4.07. The Morgan fingerprint density at radius 2 is 1.86 bits per heavy atom. The highest BCUT2D eigenvalue weighted by atomic mass is 35.5. The molecule has 1 aliphatic rings. The third-order valence-corrected chi connectivity index (χ3v) is 6.86. The third kappa shape index (κ3) is 5.12. The molecule has 0 aliphatic carbocycles. The van der Waals surface area contributed by atoms with Crippen LogP contribution in [0.3, 0.4) is 0 Å². The number of anilines is 1. The van der Waals surface area contributed by atoms with Gasteiger partial charge in [0.1, 0.15) is 5.82 Å². The molecular formula is C28H28ClN5O2. The van der Waals surface area contributed by atoms with Gasteiger partial charge in [0.2, 0.25) is 0 Å². The van der Waals surface area contributed by atoms with Gasteiger partial charge >= 0.3 is 0 Å². The molecule has 2 aromatic heterocycles. The summed E-state index contributed by atoms with van der Waals surface area (Å²) in [7, 11) is 0. The van der Waals surface area contributed by atoms with Crippen LogP contribution < -0.4 is 21.4 Å². The Labute approximate surface area is 214 Å². The first-order valence-electron chi connectivity index (χ1n) is 12.1. The maximum absolute atomic E-state index is 13.2. The van der Waals surface area contributed by atoms with Gasteiger partial charge in [-0.2, -0.15) is 0 Å². The minimum absolute atomic E-state index is 0.0598. The predicted octanol–water partition coefficient (Wildman–Crippen LogP) is 3.94. The molecule has 0 atom stereocenters. The molecule has 1 aliphatic heterocycles. The Balaban J connectivity index is 1.30. The standard InChI is InChI=1S/C28H28ClN5O2/c29-21-7-8-24-25(16-21)34(23-4-2-1-3-5-23)18-20(27(24)35)10-13-31-28(36)19-6-9-26(32-17-19)33-14-11-22(30)12-15-33/h1-9,16-18,22H,10-15,30H2,(H,31,36). The fourth-order valence-corrected chi connectivity index (χ4v) is 4.75. The van der Waals surface area contributed by atoms with Crippen LogP contribution in [0.4, 0.5) is 5.82 Å². The number of nitrogens with one attached hydrogen (secondary N) is 1. The molecule has 0 spiro atoms. The number of nitrogens with zero attached hydrogens (tertiary/aromatic N) is 3. The number of carbonyl (C=O) groups excluding carboxylic acids is 1. The van der Waals surface area contributed by atoms with Gasteiger partial charge < -0.3 is 20.5 Å². The fraction of sp³-hybridized carbons (Fsp3) is 0.250. The van der Waals surface area contributed by atoms with Gasteiger partial charge in [-0.25, -0.2) is 4.98 Å². The van der Waals surface area contributed by atoms with Gasteiger partial charge in [-0.1, -0.05) is 29.8 Å². The summed E-state index contributed by atoms with van der Waals surface area (Å²) < 4.78 is 1.97. The first-order valence-corrected chi connectivity index (χ1v) is 12.5. The molecule has 1 fully saturated rings. The molecular weight excluding hydrogens is 474 g/mol. The van der Waals surface area contributed by atoms with E-state index in [4.69, 9.17) is 17.3 Å². The third-order valence-electron chi connectivity index (χ3n) is 6.63. The molecule has 5 rings (SSSR count). The average Bonchev–Trinajstić information content (AvgIpc) is 2.91. The van der Waals surface area contributed by atoms with Crippen LogP contribution in [0, 0.1) is 0 Å². The number of para-hydroxylation sites is 1. The lowest BCUT2D eigenvalue weighted by molar-refractivity contribution is 0.0954. The van der Waals surface area contributed by atoms with Crippen molar-refractivity contribution in [1.82, 2.24) is 14.9 Å². The van der Waals surface area contributed by atoms with Crippen molar-refractivity contribution in [1.29, 1.82) is 0 Å². The average molecular weight is 502 g/mol. The van der Waals surface area contributed by atoms with Gasteiger partial charge in [0, 0.05) is 59.7 Å². The molecule has 2 aromatic carbocycles. The van der Waals surface area contributed by atoms with E-state index in [1.807, 2.05) is 47.2 Å². The van der Waals surface area contributed by atoms with Crippen LogP contribution in [0.15, 0.2) is 77.9 Å². The van der Waals surface area contributed by atoms with Crippen LogP contribution in [0.25, 0.3) is 16.6 Å². The minimum Gasteiger partial charge on any atom is -0.357 e. The number of pyridine rings is 2. The highest BCUT2D eigenvalue weighted by Gasteiger charge is 2.18. The molecule has 4 aromatic rings. The van der Waals surface area contributed by atoms with Crippen molar-refractivity contribution < 1.29 is 4.79 Å². The molecule has 7 nitrogen and oxygen atoms in total. The monoisotopic (exact) mass is 501 g/mol. The van der Waals surface area contributed by atoms with Gasteiger partial charge in [0.25, 0.3) is 5.91 Å². The van der Waals surface area contributed by atoms with Crippen LogP contribution in [0.1, 0.15) is 28.8 Å². The van der Waals surface area contributed by atoms with E-state index in [1.54, 1.807) is 30.5 Å². The summed E-state index contributed by atoms with van der Waals surface area (Å²) in [6.45, 7) is 2.07. The molecule has 184 valence electrons. The lowest BCUT2D eigenvalue weighted by atomic mass is 10.1. The zero-order valence-corrected chi connectivity index (χ0v) is 20.6. The maximum Gasteiger partial charge on any atom is 0.252 e. The zero-order chi connectivity index (χ0) is 25.1. The molecule has 36 heavy (non-hydrogen) atoms. The van der Waals surface area contributed by atoms with Crippen LogP contribution in [-0.2, 0) is 6.42 Å². The largest absolute Gasteiger partial charge is 0.357 e. The molecule has 0 radical (unpaired) electrons. The SMILES string of the molecule is NC1CCN(c2ccc(C(=O)NCCc3cn(-c4ccccc4)c4cc(Cl)ccc4c3=O)cn2)CC1. The molecule has 0 unspecified atom stereocenters. The Bertz CT molecular complexity index is 1430. The molecule has 0 saturated carbocycles. The van der Waals surface area contributed by atoms with E-state index in [9.17, 15) is 9.59 Å². The number of carbonyl (C=O) groups is 1. The number of hydrogen-bond donors (Lipinski definition) is 2. The van der Waals surface area contributed by atoms with Crippen molar-refractivity contribution >= 4 is 34.2 Å². The van der Waals surface area contributed by atoms with E-state index in [-0.39, 0.29) is 17.4 Å². The Kier molecular flexibility index (Phi) is 7.02. The predicted molar refractivity (Wildman–Crippen MR) is 144 cm³/mol. The minimum atomic E-state index is -0.217. The second-order valence-corrected chi connectivity index (χ2v) is 9.52. The van der Waals surface area contributed by atoms with Crippen molar-refractivity contribution in [3.05, 3.63) is 99.4 Å². The lowest BCUT2D eigenvalue weighted by Crippen LogP contribution is -2.40. The first kappa shape index (κ1) is 24.0. The summed E-state index contributed by atoms with van der Waals surface area (Å²) >= 11 is 6.23. The number of hydrogen-bond acceptors (Lipinski definition) is 5. The molecule has 8 heteroatoms. The Hall–Kier alpha value is -3.68. The summed E-state index contributed by atoms with van der Waals surface area (Å²) in [5.41, 5.74) is 8.70. The van der Waals surface area contributed by atoms with E-state index in [2.05, 4.69) is 15.2 Å². The molecule has 0 bridgehead atoms. The summed E-state index contributed by atoms with van der Waals surface area (Å²) in [4.78, 5) is 32.6. The van der Waals surface area contributed by atoms with Crippen molar-refractivity contribution in [3.8, 4) is 5.69 Å². The van der Waals surface area contributed by atoms with E-state index in [0.29, 0.717) is 34.5 Å². The summed E-state index contributed by atoms with van der Waals surface area (Å²) in [5.74, 6) is 0.641. The maximum atomic E-state index is 13.2. The molecule has 1 amide bonds. The number of piperidine rings is 1. The number of rotatable bonds is 6. The van der Waals surface area contributed by atoms with Crippen LogP contribution in [0.5, 0.6) is 0 Å². The van der Waals surface area contributed by atoms with E-state index < -0.39 is 0 Å². The van der Waals surface area contributed by atoms with E-state index in [1.165, 1.54) is 0 Å². The van der Waals surface area contributed by atoms with Crippen molar-refractivity contribution in [3.63, 3.8) is 0 Å². The zero-order valence-electron chi connectivity index (χ0n) is 19.9. The summed E-state index contributed by atoms with van der Waals surface area (Å²) in [6, 6.07) is 19.0. The van der Waals surface area contributed by atoms with E-state index in [0.717, 1.165) is 43.0 Å². The van der Waals surface area contributed by atoms with Gasteiger partial charge in [-0.3, -0.25) is 9.59 Å². The quantitative estimate of drug-likeness (QED) is 0.417. The fourth-order valence-electron chi connectivity index (χ4n) is 4.58. The van der Waals surface area contributed by atoms with Crippen LogP contribution in [-0.4, -0.2) is 41.1 Å². The van der Waals surface area contributed by atoms with Gasteiger partial charge in [-0.15, -0.1) is 0 Å². The highest BCUT2D eigenvalue weighted by Crippen LogP contribution is 2.22. The van der Waals surface area contributed by atoms with Gasteiger partial charge in [0.05, 0.1) is 11.1 Å². The number of benzene rings is 2.